The number of amides is 1. The Morgan fingerprint density at radius 1 is 1.56 bits per heavy atom. The Kier molecular flexibility index (Phi) is 4.49. The molecule has 0 saturated carbocycles. The van der Waals surface area contributed by atoms with Crippen molar-refractivity contribution in [3.63, 3.8) is 0 Å². The highest BCUT2D eigenvalue weighted by atomic mass is 16.2. The summed E-state index contributed by atoms with van der Waals surface area (Å²) < 4.78 is 1.83. The number of rotatable bonds is 5. The maximum Gasteiger partial charge on any atom is 0.245 e. The molecule has 90 valence electrons. The first-order valence-corrected chi connectivity index (χ1v) is 5.65. The summed E-state index contributed by atoms with van der Waals surface area (Å²) >= 11 is 0. The number of aromatic nitrogens is 2. The molecular weight excluding hydrogens is 204 g/mol. The fourth-order valence-corrected chi connectivity index (χ4v) is 1.76. The first kappa shape index (κ1) is 12.7. The van der Waals surface area contributed by atoms with Crippen LogP contribution in [0.1, 0.15) is 32.5 Å². The number of carbonyl (C=O) groups excluding carboxylic acids is 1. The molecule has 1 rings (SSSR count). The molecule has 0 aliphatic rings. The zero-order valence-corrected chi connectivity index (χ0v) is 10.2. The van der Waals surface area contributed by atoms with Crippen LogP contribution in [0, 0.1) is 0 Å². The SMILES string of the molecule is CCN(CC)C(=O)C(C)n1cncc1CN. The van der Waals surface area contributed by atoms with Gasteiger partial charge in [-0.2, -0.15) is 0 Å². The summed E-state index contributed by atoms with van der Waals surface area (Å²) in [4.78, 5) is 17.9. The fraction of sp³-hybridized carbons (Fsp3) is 0.636. The van der Waals surface area contributed by atoms with E-state index in [1.54, 1.807) is 12.5 Å². The van der Waals surface area contributed by atoms with E-state index in [0.717, 1.165) is 18.8 Å². The minimum absolute atomic E-state index is 0.109. The first-order valence-electron chi connectivity index (χ1n) is 5.65. The summed E-state index contributed by atoms with van der Waals surface area (Å²) in [6, 6.07) is -0.235. The van der Waals surface area contributed by atoms with E-state index in [1.165, 1.54) is 0 Å². The van der Waals surface area contributed by atoms with E-state index in [2.05, 4.69) is 4.98 Å². The van der Waals surface area contributed by atoms with Gasteiger partial charge < -0.3 is 15.2 Å². The average molecular weight is 224 g/mol. The van der Waals surface area contributed by atoms with Crippen molar-refractivity contribution in [1.29, 1.82) is 0 Å². The van der Waals surface area contributed by atoms with Crippen molar-refractivity contribution >= 4 is 5.91 Å². The van der Waals surface area contributed by atoms with E-state index in [9.17, 15) is 4.79 Å². The van der Waals surface area contributed by atoms with Crippen LogP contribution in [-0.2, 0) is 11.3 Å². The molecule has 1 amide bonds. The lowest BCUT2D eigenvalue weighted by Crippen LogP contribution is -2.36. The molecule has 0 fully saturated rings. The molecule has 2 N–H and O–H groups in total. The molecule has 0 aromatic carbocycles. The van der Waals surface area contributed by atoms with Gasteiger partial charge in [-0.25, -0.2) is 4.98 Å². The minimum atomic E-state index is -0.235. The van der Waals surface area contributed by atoms with Gasteiger partial charge in [0.15, 0.2) is 0 Å². The normalized spacial score (nSPS) is 12.5. The molecule has 1 unspecified atom stereocenters. The lowest BCUT2D eigenvalue weighted by molar-refractivity contribution is -0.133. The van der Waals surface area contributed by atoms with Crippen LogP contribution in [-0.4, -0.2) is 33.4 Å². The van der Waals surface area contributed by atoms with Gasteiger partial charge in [0.25, 0.3) is 0 Å². The lowest BCUT2D eigenvalue weighted by atomic mass is 10.2. The van der Waals surface area contributed by atoms with Gasteiger partial charge in [0.2, 0.25) is 5.91 Å². The van der Waals surface area contributed by atoms with Gasteiger partial charge in [-0.3, -0.25) is 4.79 Å². The predicted molar refractivity (Wildman–Crippen MR) is 62.8 cm³/mol. The third kappa shape index (κ3) is 2.41. The van der Waals surface area contributed by atoms with Crippen molar-refractivity contribution in [3.8, 4) is 0 Å². The van der Waals surface area contributed by atoms with Gasteiger partial charge in [0.1, 0.15) is 6.04 Å². The van der Waals surface area contributed by atoms with Crippen LogP contribution in [0.4, 0.5) is 0 Å². The molecule has 0 spiro atoms. The molecule has 5 heteroatoms. The summed E-state index contributed by atoms with van der Waals surface area (Å²) in [5.41, 5.74) is 6.47. The van der Waals surface area contributed by atoms with E-state index in [0.29, 0.717) is 6.54 Å². The maximum absolute atomic E-state index is 12.1. The number of likely N-dealkylation sites (N-methyl/N-ethyl adjacent to an activating group) is 1. The molecular formula is C11H20N4O. The summed E-state index contributed by atoms with van der Waals surface area (Å²) in [7, 11) is 0. The van der Waals surface area contributed by atoms with E-state index in [-0.39, 0.29) is 11.9 Å². The molecule has 5 nitrogen and oxygen atoms in total. The molecule has 0 aliphatic heterocycles. The van der Waals surface area contributed by atoms with Crippen LogP contribution >= 0.6 is 0 Å². The Bertz CT molecular complexity index is 344. The largest absolute Gasteiger partial charge is 0.341 e. The quantitative estimate of drug-likeness (QED) is 0.803. The summed E-state index contributed by atoms with van der Waals surface area (Å²) in [6.07, 6.45) is 3.36. The third-order valence-corrected chi connectivity index (χ3v) is 2.81. The van der Waals surface area contributed by atoms with Gasteiger partial charge in [0.05, 0.1) is 12.0 Å². The third-order valence-electron chi connectivity index (χ3n) is 2.81. The number of carbonyl (C=O) groups is 1. The fourth-order valence-electron chi connectivity index (χ4n) is 1.76. The zero-order chi connectivity index (χ0) is 12.1. The maximum atomic E-state index is 12.1. The smallest absolute Gasteiger partial charge is 0.245 e. The van der Waals surface area contributed by atoms with Gasteiger partial charge in [0, 0.05) is 25.8 Å². The van der Waals surface area contributed by atoms with Crippen LogP contribution in [0.5, 0.6) is 0 Å². The van der Waals surface area contributed by atoms with Crippen molar-refractivity contribution < 1.29 is 4.79 Å². The monoisotopic (exact) mass is 224 g/mol. The van der Waals surface area contributed by atoms with E-state index in [1.807, 2.05) is 30.2 Å². The van der Waals surface area contributed by atoms with Crippen LogP contribution in [0.3, 0.4) is 0 Å². The molecule has 0 bridgehead atoms. The van der Waals surface area contributed by atoms with Crippen LogP contribution < -0.4 is 5.73 Å². The van der Waals surface area contributed by atoms with Crippen molar-refractivity contribution in [2.75, 3.05) is 13.1 Å². The first-order chi connectivity index (χ1) is 7.65. The molecule has 0 saturated heterocycles. The number of imidazole rings is 1. The highest BCUT2D eigenvalue weighted by Crippen LogP contribution is 2.12. The van der Waals surface area contributed by atoms with Gasteiger partial charge in [-0.05, 0) is 20.8 Å². The van der Waals surface area contributed by atoms with Gasteiger partial charge in [-0.15, -0.1) is 0 Å². The van der Waals surface area contributed by atoms with Crippen LogP contribution in [0.15, 0.2) is 12.5 Å². The predicted octanol–water partition coefficient (Wildman–Crippen LogP) is 0.771. The van der Waals surface area contributed by atoms with Crippen molar-refractivity contribution in [3.05, 3.63) is 18.2 Å². The topological polar surface area (TPSA) is 64.2 Å². The van der Waals surface area contributed by atoms with Gasteiger partial charge in [-0.1, -0.05) is 0 Å². The summed E-state index contributed by atoms with van der Waals surface area (Å²) in [6.45, 7) is 7.69. The Labute approximate surface area is 96.3 Å². The van der Waals surface area contributed by atoms with E-state index >= 15 is 0 Å². The number of nitrogens with zero attached hydrogens (tertiary/aromatic N) is 3. The zero-order valence-electron chi connectivity index (χ0n) is 10.2. The van der Waals surface area contributed by atoms with Gasteiger partial charge >= 0.3 is 0 Å². The summed E-state index contributed by atoms with van der Waals surface area (Å²) in [5, 5.41) is 0. The Hall–Kier alpha value is -1.36. The van der Waals surface area contributed by atoms with Crippen LogP contribution in [0.2, 0.25) is 0 Å². The molecule has 16 heavy (non-hydrogen) atoms. The number of nitrogens with two attached hydrogens (primary N) is 1. The second kappa shape index (κ2) is 5.65. The Balaban J connectivity index is 2.85. The Morgan fingerprint density at radius 3 is 2.69 bits per heavy atom. The Morgan fingerprint density at radius 2 is 2.19 bits per heavy atom. The lowest BCUT2D eigenvalue weighted by Gasteiger charge is -2.24. The van der Waals surface area contributed by atoms with Crippen molar-refractivity contribution in [2.45, 2.75) is 33.4 Å². The second-order valence-electron chi connectivity index (χ2n) is 3.68. The number of hydrogen-bond donors (Lipinski definition) is 1. The number of hydrogen-bond acceptors (Lipinski definition) is 3. The molecule has 0 aliphatic carbocycles. The van der Waals surface area contributed by atoms with E-state index < -0.39 is 0 Å². The average Bonchev–Trinajstić information content (AvgIpc) is 2.77. The highest BCUT2D eigenvalue weighted by Gasteiger charge is 2.20. The molecule has 1 aromatic heterocycles. The second-order valence-corrected chi connectivity index (χ2v) is 3.68. The van der Waals surface area contributed by atoms with Crippen molar-refractivity contribution in [1.82, 2.24) is 14.5 Å². The molecule has 1 aromatic rings. The molecule has 1 heterocycles. The minimum Gasteiger partial charge on any atom is -0.341 e. The molecule has 0 radical (unpaired) electrons. The highest BCUT2D eigenvalue weighted by molar-refractivity contribution is 5.80. The molecule has 1 atom stereocenters. The van der Waals surface area contributed by atoms with Crippen LogP contribution in [0.25, 0.3) is 0 Å². The summed E-state index contributed by atoms with van der Waals surface area (Å²) in [5.74, 6) is 0.109. The van der Waals surface area contributed by atoms with Crippen molar-refractivity contribution in [2.24, 2.45) is 5.73 Å². The standard InChI is InChI=1S/C11H20N4O/c1-4-14(5-2)11(16)9(3)15-8-13-7-10(15)6-12/h7-9H,4-6,12H2,1-3H3. The van der Waals surface area contributed by atoms with E-state index in [4.69, 9.17) is 5.73 Å².